The minimum atomic E-state index is -0.946. The van der Waals surface area contributed by atoms with Gasteiger partial charge < -0.3 is 15.4 Å². The number of allylic oxidation sites excluding steroid dienone is 1. The van der Waals surface area contributed by atoms with E-state index < -0.39 is 6.09 Å². The molecule has 0 fully saturated rings. The second-order valence-corrected chi connectivity index (χ2v) is 2.78. The summed E-state index contributed by atoms with van der Waals surface area (Å²) in [6, 6.07) is 0. The predicted octanol–water partition coefficient (Wildman–Crippen LogP) is 2.02. The molecule has 0 aromatic carbocycles. The van der Waals surface area contributed by atoms with Crippen LogP contribution in [0.1, 0.15) is 19.3 Å². The Morgan fingerprint density at radius 2 is 2.40 bits per heavy atom. The fourth-order valence-electron chi connectivity index (χ4n) is 0.824. The monoisotopic (exact) mass is 211 g/mol. The normalized spacial score (nSPS) is 8.53. The highest BCUT2D eigenvalue weighted by Gasteiger charge is 1.90. The van der Waals surface area contributed by atoms with Gasteiger partial charge in [0.25, 0.3) is 0 Å². The molecule has 0 bridgehead atoms. The van der Waals surface area contributed by atoms with Crippen LogP contribution in [0.4, 0.5) is 4.79 Å². The molecule has 5 heteroatoms. The highest BCUT2D eigenvalue weighted by molar-refractivity contribution is 5.64. The maximum Gasteiger partial charge on any atom is 0.404 e. The number of imidazole rings is 1. The van der Waals surface area contributed by atoms with Crippen molar-refractivity contribution in [3.05, 3.63) is 31.4 Å². The van der Waals surface area contributed by atoms with Crippen molar-refractivity contribution < 1.29 is 9.90 Å². The Labute approximate surface area is 89.2 Å². The zero-order valence-corrected chi connectivity index (χ0v) is 8.65. The van der Waals surface area contributed by atoms with Gasteiger partial charge in [-0.3, -0.25) is 0 Å². The first-order valence-corrected chi connectivity index (χ1v) is 4.77. The maximum absolute atomic E-state index is 9.90. The number of H-pyrrole nitrogens is 1. The number of carboxylic acid groups (broad SMARTS) is 1. The number of nitrogens with zero attached hydrogens (tertiary/aromatic N) is 1. The lowest BCUT2D eigenvalue weighted by atomic mass is 10.2. The molecular weight excluding hydrogens is 194 g/mol. The molecular formula is C10H17N3O2. The van der Waals surface area contributed by atoms with Crippen molar-refractivity contribution in [1.82, 2.24) is 15.3 Å². The Kier molecular flexibility index (Phi) is 9.08. The van der Waals surface area contributed by atoms with Crippen LogP contribution in [0.3, 0.4) is 0 Å². The number of hydrogen-bond acceptors (Lipinski definition) is 2. The molecule has 0 atom stereocenters. The number of carbonyl (C=O) groups is 1. The molecule has 0 aliphatic heterocycles. The van der Waals surface area contributed by atoms with E-state index in [9.17, 15) is 4.79 Å². The minimum absolute atomic E-state index is 0.545. The molecule has 1 amide bonds. The van der Waals surface area contributed by atoms with E-state index in [1.54, 1.807) is 18.7 Å². The third-order valence-electron chi connectivity index (χ3n) is 1.52. The van der Waals surface area contributed by atoms with E-state index in [0.717, 1.165) is 19.3 Å². The van der Waals surface area contributed by atoms with E-state index in [1.807, 2.05) is 6.08 Å². The molecule has 0 radical (unpaired) electrons. The van der Waals surface area contributed by atoms with Crippen LogP contribution < -0.4 is 5.32 Å². The van der Waals surface area contributed by atoms with Crippen LogP contribution in [-0.2, 0) is 0 Å². The number of rotatable bonds is 5. The van der Waals surface area contributed by atoms with Crippen molar-refractivity contribution in [1.29, 1.82) is 0 Å². The summed E-state index contributed by atoms with van der Waals surface area (Å²) in [5.74, 6) is 0. The number of aromatic nitrogens is 2. The Balaban J connectivity index is 0.000000322. The van der Waals surface area contributed by atoms with Crippen molar-refractivity contribution in [3.8, 4) is 0 Å². The number of amides is 1. The molecule has 0 spiro atoms. The first-order valence-electron chi connectivity index (χ1n) is 4.77. The van der Waals surface area contributed by atoms with Crippen molar-refractivity contribution >= 4 is 6.09 Å². The van der Waals surface area contributed by atoms with Gasteiger partial charge in [-0.05, 0) is 19.3 Å². The Bertz CT molecular complexity index is 230. The summed E-state index contributed by atoms with van der Waals surface area (Å²) in [4.78, 5) is 16.3. The van der Waals surface area contributed by atoms with Gasteiger partial charge in [0.1, 0.15) is 0 Å². The molecule has 0 aliphatic rings. The van der Waals surface area contributed by atoms with Crippen LogP contribution in [0, 0.1) is 0 Å². The first-order chi connectivity index (χ1) is 7.27. The standard InChI is InChI=1S/C7H13NO2.C3H4N2/c1-2-3-4-5-6-8-7(9)10;1-2-5-3-4-1/h2,8H,1,3-6H2,(H,9,10);1-3H,(H,4,5). The molecule has 0 saturated carbocycles. The lowest BCUT2D eigenvalue weighted by molar-refractivity contribution is 0.194. The third-order valence-corrected chi connectivity index (χ3v) is 1.52. The largest absolute Gasteiger partial charge is 0.465 e. The molecule has 84 valence electrons. The van der Waals surface area contributed by atoms with Gasteiger partial charge in [0.15, 0.2) is 0 Å². The summed E-state index contributed by atoms with van der Waals surface area (Å²) in [7, 11) is 0. The summed E-state index contributed by atoms with van der Waals surface area (Å²) in [6.07, 6.45) is 8.82. The molecule has 1 rings (SSSR count). The molecule has 0 aliphatic carbocycles. The van der Waals surface area contributed by atoms with E-state index in [-0.39, 0.29) is 0 Å². The number of unbranched alkanes of at least 4 members (excludes halogenated alkanes) is 2. The van der Waals surface area contributed by atoms with Gasteiger partial charge in [-0.15, -0.1) is 6.58 Å². The van der Waals surface area contributed by atoms with E-state index in [0.29, 0.717) is 6.54 Å². The van der Waals surface area contributed by atoms with Gasteiger partial charge in [0.2, 0.25) is 0 Å². The van der Waals surface area contributed by atoms with Crippen LogP contribution in [0.5, 0.6) is 0 Å². The van der Waals surface area contributed by atoms with Crippen molar-refractivity contribution in [2.75, 3.05) is 6.54 Å². The molecule has 5 nitrogen and oxygen atoms in total. The molecule has 1 heterocycles. The molecule has 0 unspecified atom stereocenters. The summed E-state index contributed by atoms with van der Waals surface area (Å²) < 4.78 is 0. The van der Waals surface area contributed by atoms with E-state index in [2.05, 4.69) is 21.9 Å². The molecule has 15 heavy (non-hydrogen) atoms. The molecule has 1 aromatic rings. The van der Waals surface area contributed by atoms with E-state index in [4.69, 9.17) is 5.11 Å². The highest BCUT2D eigenvalue weighted by Crippen LogP contribution is 1.92. The van der Waals surface area contributed by atoms with Crippen LogP contribution in [-0.4, -0.2) is 27.7 Å². The van der Waals surface area contributed by atoms with E-state index in [1.165, 1.54) is 0 Å². The SMILES string of the molecule is C=CCCCCNC(=O)O.c1c[nH]cn1. The topological polar surface area (TPSA) is 78.0 Å². The average molecular weight is 211 g/mol. The zero-order chi connectivity index (χ0) is 11.4. The summed E-state index contributed by atoms with van der Waals surface area (Å²) in [6.45, 7) is 4.10. The predicted molar refractivity (Wildman–Crippen MR) is 58.7 cm³/mol. The minimum Gasteiger partial charge on any atom is -0.465 e. The average Bonchev–Trinajstić information content (AvgIpc) is 2.75. The number of nitrogens with one attached hydrogen (secondary N) is 2. The lowest BCUT2D eigenvalue weighted by Gasteiger charge is -1.97. The van der Waals surface area contributed by atoms with Gasteiger partial charge >= 0.3 is 6.09 Å². The quantitative estimate of drug-likeness (QED) is 0.515. The fraction of sp³-hybridized carbons (Fsp3) is 0.400. The molecule has 1 aromatic heterocycles. The van der Waals surface area contributed by atoms with Crippen LogP contribution in [0.15, 0.2) is 31.4 Å². The van der Waals surface area contributed by atoms with E-state index >= 15 is 0 Å². The Morgan fingerprint density at radius 3 is 2.80 bits per heavy atom. The number of hydrogen-bond donors (Lipinski definition) is 3. The van der Waals surface area contributed by atoms with Gasteiger partial charge in [-0.1, -0.05) is 6.08 Å². The highest BCUT2D eigenvalue weighted by atomic mass is 16.4. The third kappa shape index (κ3) is 12.2. The van der Waals surface area contributed by atoms with Crippen LogP contribution in [0.2, 0.25) is 0 Å². The first kappa shape index (κ1) is 13.2. The molecule has 0 saturated heterocycles. The van der Waals surface area contributed by atoms with Gasteiger partial charge in [-0.2, -0.15) is 0 Å². The Hall–Kier alpha value is -1.78. The number of aromatic amines is 1. The van der Waals surface area contributed by atoms with Crippen molar-refractivity contribution in [2.24, 2.45) is 0 Å². The Morgan fingerprint density at radius 1 is 1.60 bits per heavy atom. The summed E-state index contributed by atoms with van der Waals surface area (Å²) in [5, 5.41) is 10.4. The second-order valence-electron chi connectivity index (χ2n) is 2.78. The second kappa shape index (κ2) is 10.3. The smallest absolute Gasteiger partial charge is 0.404 e. The van der Waals surface area contributed by atoms with Crippen LogP contribution in [0.25, 0.3) is 0 Å². The lowest BCUT2D eigenvalue weighted by Crippen LogP contribution is -2.21. The fourth-order valence-corrected chi connectivity index (χ4v) is 0.824. The maximum atomic E-state index is 9.90. The zero-order valence-electron chi connectivity index (χ0n) is 8.65. The summed E-state index contributed by atoms with van der Waals surface area (Å²) >= 11 is 0. The summed E-state index contributed by atoms with van der Waals surface area (Å²) in [5.41, 5.74) is 0. The van der Waals surface area contributed by atoms with Gasteiger partial charge in [-0.25, -0.2) is 9.78 Å². The van der Waals surface area contributed by atoms with Crippen molar-refractivity contribution in [3.63, 3.8) is 0 Å². The molecule has 3 N–H and O–H groups in total. The van der Waals surface area contributed by atoms with Gasteiger partial charge in [0, 0.05) is 18.9 Å². The van der Waals surface area contributed by atoms with Crippen molar-refractivity contribution in [2.45, 2.75) is 19.3 Å². The van der Waals surface area contributed by atoms with Gasteiger partial charge in [0.05, 0.1) is 6.33 Å². The van der Waals surface area contributed by atoms with Crippen LogP contribution >= 0.6 is 0 Å².